The molecule has 136 valence electrons. The Balaban J connectivity index is 0.00000243. The van der Waals surface area contributed by atoms with Crippen molar-refractivity contribution in [3.8, 4) is 11.3 Å². The van der Waals surface area contributed by atoms with Gasteiger partial charge in [0.2, 0.25) is 0 Å². The zero-order valence-corrected chi connectivity index (χ0v) is 14.9. The highest BCUT2D eigenvalue weighted by Gasteiger charge is 2.10. The summed E-state index contributed by atoms with van der Waals surface area (Å²) in [6, 6.07) is 10.6. The SMILES string of the molecule is CC(C)OC(=O)c1ccc(-c2ccc(C=NNc3nn[nH]n3)o2)cc1.Cl. The van der Waals surface area contributed by atoms with Crippen LogP contribution in [0.4, 0.5) is 5.95 Å². The lowest BCUT2D eigenvalue weighted by molar-refractivity contribution is 0.0378. The van der Waals surface area contributed by atoms with Crippen LogP contribution >= 0.6 is 12.4 Å². The summed E-state index contributed by atoms with van der Waals surface area (Å²) in [5.74, 6) is 1.12. The van der Waals surface area contributed by atoms with Gasteiger partial charge in [-0.3, -0.25) is 0 Å². The van der Waals surface area contributed by atoms with Gasteiger partial charge in [0.1, 0.15) is 11.5 Å². The van der Waals surface area contributed by atoms with Crippen molar-refractivity contribution in [1.29, 1.82) is 0 Å². The van der Waals surface area contributed by atoms with Crippen molar-refractivity contribution >= 4 is 30.5 Å². The van der Waals surface area contributed by atoms with E-state index in [4.69, 9.17) is 9.15 Å². The zero-order valence-electron chi connectivity index (χ0n) is 14.0. The highest BCUT2D eigenvalue weighted by molar-refractivity contribution is 5.90. The second-order valence-electron chi connectivity index (χ2n) is 5.34. The number of rotatable bonds is 6. The summed E-state index contributed by atoms with van der Waals surface area (Å²) in [6.45, 7) is 3.62. The summed E-state index contributed by atoms with van der Waals surface area (Å²) in [6.07, 6.45) is 1.34. The van der Waals surface area contributed by atoms with E-state index < -0.39 is 0 Å². The molecule has 10 heteroatoms. The number of hydrogen-bond acceptors (Lipinski definition) is 8. The molecule has 0 aliphatic carbocycles. The first-order chi connectivity index (χ1) is 12.1. The van der Waals surface area contributed by atoms with E-state index in [2.05, 4.69) is 31.2 Å². The van der Waals surface area contributed by atoms with Crippen molar-refractivity contribution in [2.24, 2.45) is 5.10 Å². The maximum atomic E-state index is 11.8. The minimum atomic E-state index is -0.346. The molecular weight excluding hydrogens is 360 g/mol. The molecule has 0 aliphatic heterocycles. The Bertz CT molecular complexity index is 859. The number of esters is 1. The number of hydrazone groups is 1. The Morgan fingerprint density at radius 2 is 2.04 bits per heavy atom. The number of nitrogens with one attached hydrogen (secondary N) is 2. The number of carbonyl (C=O) groups is 1. The number of tetrazole rings is 1. The molecule has 26 heavy (non-hydrogen) atoms. The van der Waals surface area contributed by atoms with Gasteiger partial charge >= 0.3 is 5.97 Å². The number of nitrogens with zero attached hydrogens (tertiary/aromatic N) is 4. The molecule has 3 rings (SSSR count). The van der Waals surface area contributed by atoms with E-state index in [1.807, 2.05) is 19.9 Å². The maximum Gasteiger partial charge on any atom is 0.338 e. The third kappa shape index (κ3) is 4.90. The fourth-order valence-electron chi connectivity index (χ4n) is 1.99. The highest BCUT2D eigenvalue weighted by atomic mass is 35.5. The molecule has 0 saturated heterocycles. The Morgan fingerprint density at radius 1 is 1.27 bits per heavy atom. The number of aromatic nitrogens is 4. The van der Waals surface area contributed by atoms with Crippen LogP contribution in [0.2, 0.25) is 0 Å². The van der Waals surface area contributed by atoms with Crippen LogP contribution in [0.1, 0.15) is 30.0 Å². The minimum absolute atomic E-state index is 0. The Labute approximate surface area is 155 Å². The fraction of sp³-hybridized carbons (Fsp3) is 0.188. The molecule has 9 nitrogen and oxygen atoms in total. The number of halogens is 1. The average Bonchev–Trinajstić information content (AvgIpc) is 3.26. The molecule has 0 fully saturated rings. The van der Waals surface area contributed by atoms with Crippen LogP contribution in [-0.2, 0) is 4.74 Å². The van der Waals surface area contributed by atoms with Gasteiger partial charge in [-0.05, 0) is 43.3 Å². The van der Waals surface area contributed by atoms with Crippen molar-refractivity contribution in [1.82, 2.24) is 20.6 Å². The third-order valence-corrected chi connectivity index (χ3v) is 3.08. The number of ether oxygens (including phenoxy) is 1. The van der Waals surface area contributed by atoms with Crippen LogP contribution in [0, 0.1) is 0 Å². The van der Waals surface area contributed by atoms with E-state index in [0.29, 0.717) is 17.1 Å². The summed E-state index contributed by atoms with van der Waals surface area (Å²) < 4.78 is 10.8. The minimum Gasteiger partial charge on any atom is -0.459 e. The summed E-state index contributed by atoms with van der Waals surface area (Å²) >= 11 is 0. The van der Waals surface area contributed by atoms with Gasteiger partial charge in [-0.2, -0.15) is 10.3 Å². The Kier molecular flexibility index (Phi) is 6.45. The number of aromatic amines is 1. The van der Waals surface area contributed by atoms with Gasteiger partial charge in [-0.25, -0.2) is 10.2 Å². The van der Waals surface area contributed by atoms with Crippen molar-refractivity contribution < 1.29 is 13.9 Å². The number of anilines is 1. The molecule has 2 heterocycles. The lowest BCUT2D eigenvalue weighted by atomic mass is 10.1. The second kappa shape index (κ2) is 8.77. The monoisotopic (exact) mass is 376 g/mol. The van der Waals surface area contributed by atoms with E-state index in [1.54, 1.807) is 30.3 Å². The summed E-state index contributed by atoms with van der Waals surface area (Å²) in [7, 11) is 0. The first-order valence-electron chi connectivity index (χ1n) is 7.55. The summed E-state index contributed by atoms with van der Waals surface area (Å²) in [5, 5.41) is 17.0. The largest absolute Gasteiger partial charge is 0.459 e. The van der Waals surface area contributed by atoms with Gasteiger partial charge < -0.3 is 9.15 Å². The topological polar surface area (TPSA) is 118 Å². The molecule has 0 spiro atoms. The van der Waals surface area contributed by atoms with Crippen molar-refractivity contribution in [2.75, 3.05) is 5.43 Å². The van der Waals surface area contributed by atoms with Crippen LogP contribution in [0.5, 0.6) is 0 Å². The summed E-state index contributed by atoms with van der Waals surface area (Å²) in [5.41, 5.74) is 3.93. The van der Waals surface area contributed by atoms with Gasteiger partial charge in [0.25, 0.3) is 5.95 Å². The van der Waals surface area contributed by atoms with E-state index in [-0.39, 0.29) is 30.4 Å². The molecule has 1 aromatic carbocycles. The van der Waals surface area contributed by atoms with E-state index in [1.165, 1.54) is 6.21 Å². The predicted molar refractivity (Wildman–Crippen MR) is 97.3 cm³/mol. The first kappa shape index (κ1) is 19.1. The van der Waals surface area contributed by atoms with Gasteiger partial charge in [-0.1, -0.05) is 17.2 Å². The lowest BCUT2D eigenvalue weighted by Gasteiger charge is -2.07. The second-order valence-corrected chi connectivity index (χ2v) is 5.34. The van der Waals surface area contributed by atoms with Gasteiger partial charge in [0, 0.05) is 5.56 Å². The molecule has 0 atom stereocenters. The Morgan fingerprint density at radius 3 is 2.69 bits per heavy atom. The number of H-pyrrole nitrogens is 1. The first-order valence-corrected chi connectivity index (χ1v) is 7.55. The van der Waals surface area contributed by atoms with Crippen LogP contribution in [-0.4, -0.2) is 38.9 Å². The standard InChI is InChI=1S/C16H16N6O3.ClH/c1-10(2)24-15(23)12-5-3-11(4-6-12)14-8-7-13(25-14)9-17-18-16-19-21-22-20-16;/h3-10H,1-2H3,(H2,18,19,20,21,22);1H. The van der Waals surface area contributed by atoms with E-state index >= 15 is 0 Å². The molecular formula is C16H17ClN6O3. The van der Waals surface area contributed by atoms with Gasteiger partial charge in [-0.15, -0.1) is 17.5 Å². The van der Waals surface area contributed by atoms with E-state index in [9.17, 15) is 4.79 Å². The maximum absolute atomic E-state index is 11.8. The van der Waals surface area contributed by atoms with Gasteiger partial charge in [0.05, 0.1) is 17.9 Å². The van der Waals surface area contributed by atoms with Crippen LogP contribution < -0.4 is 5.43 Å². The Hall–Kier alpha value is -3.20. The smallest absolute Gasteiger partial charge is 0.338 e. The molecule has 0 radical (unpaired) electrons. The molecule has 0 amide bonds. The zero-order chi connectivity index (χ0) is 17.6. The number of benzene rings is 1. The molecule has 0 unspecified atom stereocenters. The quantitative estimate of drug-likeness (QED) is 0.385. The summed E-state index contributed by atoms with van der Waals surface area (Å²) in [4.78, 5) is 11.8. The van der Waals surface area contributed by atoms with Crippen LogP contribution in [0.25, 0.3) is 11.3 Å². The lowest BCUT2D eigenvalue weighted by Crippen LogP contribution is -2.11. The molecule has 0 bridgehead atoms. The number of furan rings is 1. The predicted octanol–water partition coefficient (Wildman–Crippen LogP) is 2.89. The number of hydrogen-bond donors (Lipinski definition) is 2. The van der Waals surface area contributed by atoms with E-state index in [0.717, 1.165) is 5.56 Å². The van der Waals surface area contributed by atoms with Crippen molar-refractivity contribution in [2.45, 2.75) is 20.0 Å². The molecule has 2 N–H and O–H groups in total. The fourth-order valence-corrected chi connectivity index (χ4v) is 1.99. The molecule has 2 aromatic heterocycles. The van der Waals surface area contributed by atoms with Crippen LogP contribution in [0.3, 0.4) is 0 Å². The molecule has 0 saturated carbocycles. The highest BCUT2D eigenvalue weighted by Crippen LogP contribution is 2.22. The average molecular weight is 377 g/mol. The number of carbonyl (C=O) groups excluding carboxylic acids is 1. The normalized spacial score (nSPS) is 10.7. The van der Waals surface area contributed by atoms with Crippen LogP contribution in [0.15, 0.2) is 45.9 Å². The molecule has 3 aromatic rings. The third-order valence-electron chi connectivity index (χ3n) is 3.08. The van der Waals surface area contributed by atoms with Crippen molar-refractivity contribution in [3.05, 3.63) is 47.7 Å². The molecule has 0 aliphatic rings. The van der Waals surface area contributed by atoms with Crippen molar-refractivity contribution in [3.63, 3.8) is 0 Å². The van der Waals surface area contributed by atoms with Gasteiger partial charge in [0.15, 0.2) is 0 Å².